The molecular formula is C22H26N3Na3O14P2. The molecule has 3 rings (SSSR count). The summed E-state index contributed by atoms with van der Waals surface area (Å²) in [5, 5.41) is 29.8. The summed E-state index contributed by atoms with van der Waals surface area (Å²) in [5.74, 6) is -1.45. The van der Waals surface area contributed by atoms with Crippen molar-refractivity contribution in [3.05, 3.63) is 58.1 Å². The van der Waals surface area contributed by atoms with Crippen LogP contribution in [0.25, 0.3) is 0 Å². The van der Waals surface area contributed by atoms with Crippen LogP contribution >= 0.6 is 15.9 Å². The molecule has 1 aliphatic rings. The molecule has 1 aromatic carbocycles. The first-order valence-corrected chi connectivity index (χ1v) is 15.1. The van der Waals surface area contributed by atoms with Crippen molar-refractivity contribution < 1.29 is 152 Å². The van der Waals surface area contributed by atoms with Gasteiger partial charge in [0, 0.05) is 25.8 Å². The molecule has 44 heavy (non-hydrogen) atoms. The summed E-state index contributed by atoms with van der Waals surface area (Å²) in [7, 11) is -11.6. The molecular weight excluding hydrogens is 661 g/mol. The van der Waals surface area contributed by atoms with Gasteiger partial charge in [-0.3, -0.25) is 14.5 Å². The number of benzene rings is 1. The van der Waals surface area contributed by atoms with E-state index < -0.39 is 89.0 Å². The zero-order chi connectivity index (χ0) is 30.6. The van der Waals surface area contributed by atoms with Crippen molar-refractivity contribution in [2.75, 3.05) is 13.2 Å². The van der Waals surface area contributed by atoms with Crippen molar-refractivity contribution in [1.29, 1.82) is 0 Å². The molecule has 1 unspecified atom stereocenters. The van der Waals surface area contributed by atoms with Gasteiger partial charge in [0.25, 0.3) is 0 Å². The standard InChI is InChI=1S/C22H29N3O14P2.3Na/c1-13-11-25(20(28)24-18(13)26)17-10-15(39-19(27)14-6-3-2-4-7-14)16(38-17)12-37-21(29)23-9-5-8-22(30,40(31,32)33)41(34,35)36;;;/h2-4,6-7,11,15-17,30H,5,8-10,12H2,1H3,(H,23,29)(H,24,26,28)(H2,31,32,33)(H2,34,35,36);;;/q;3*+1/p-3/t15-,16+,17+;;;/m0.../s1. The first-order valence-electron chi connectivity index (χ1n) is 11.9. The maximum absolute atomic E-state index is 12.6. The second-order valence-electron chi connectivity index (χ2n) is 8.99. The van der Waals surface area contributed by atoms with Gasteiger partial charge in [0.15, 0.2) is 0 Å². The molecule has 1 aromatic heterocycles. The van der Waals surface area contributed by atoms with Gasteiger partial charge in [-0.15, -0.1) is 0 Å². The number of aliphatic imine (C=N–C) groups is 1. The molecule has 0 spiro atoms. The van der Waals surface area contributed by atoms with Gasteiger partial charge in [-0.05, 0) is 36.9 Å². The number of rotatable bonds is 11. The maximum atomic E-state index is 12.6. The minimum Gasteiger partial charge on any atom is -0.858 e. The number of ether oxygens (including phenoxy) is 3. The van der Waals surface area contributed by atoms with Crippen LogP contribution in [0.2, 0.25) is 0 Å². The second-order valence-corrected chi connectivity index (χ2v) is 13.0. The summed E-state index contributed by atoms with van der Waals surface area (Å²) in [4.78, 5) is 92.9. The number of aryl methyl sites for hydroxylation is 1. The van der Waals surface area contributed by atoms with Gasteiger partial charge < -0.3 is 44.2 Å². The Bertz CT molecular complexity index is 1300. The predicted octanol–water partition coefficient (Wildman–Crippen LogP) is -13.1. The van der Waals surface area contributed by atoms with Crippen LogP contribution in [-0.2, 0) is 14.2 Å². The Labute approximate surface area is 318 Å². The summed E-state index contributed by atoms with van der Waals surface area (Å²) in [6, 6.07) is 7.92. The van der Waals surface area contributed by atoms with Crippen LogP contribution in [0.1, 0.15) is 41.4 Å². The molecule has 0 bridgehead atoms. The van der Waals surface area contributed by atoms with E-state index in [2.05, 4.69) is 9.98 Å². The van der Waals surface area contributed by atoms with Crippen molar-refractivity contribution in [3.63, 3.8) is 0 Å². The minimum atomic E-state index is -5.90. The predicted molar refractivity (Wildman–Crippen MR) is 130 cm³/mol. The quantitative estimate of drug-likeness (QED) is 0.0426. The summed E-state index contributed by atoms with van der Waals surface area (Å²) < 4.78 is 17.3. The Hall–Kier alpha value is 0.180. The fourth-order valence-electron chi connectivity index (χ4n) is 3.82. The molecule has 4 N–H and O–H groups in total. The van der Waals surface area contributed by atoms with Crippen LogP contribution in [0.5, 0.6) is 5.88 Å². The van der Waals surface area contributed by atoms with Crippen molar-refractivity contribution in [3.8, 4) is 5.88 Å². The SMILES string of the molecule is Cc1cn([C@H]2C[C@H](OC(=O)c3ccccc3)[C@@H](COC([O-])=NCCCC(O)([P+]([O-])([O-])O)[P+]([O-])(O)O)O2)c(=O)nc1[O-].[Na+].[Na+].[Na+]. The topological polar surface area (TPSA) is 288 Å². The van der Waals surface area contributed by atoms with Gasteiger partial charge in [0.1, 0.15) is 32.5 Å². The Morgan fingerprint density at radius 1 is 1.18 bits per heavy atom. The summed E-state index contributed by atoms with van der Waals surface area (Å²) in [5.41, 5.74) is -0.542. The number of aromatic nitrogens is 2. The van der Waals surface area contributed by atoms with Crippen LogP contribution in [0, 0.1) is 6.92 Å². The van der Waals surface area contributed by atoms with E-state index in [1.54, 1.807) is 18.2 Å². The van der Waals surface area contributed by atoms with Crippen LogP contribution in [0.15, 0.2) is 46.3 Å². The van der Waals surface area contributed by atoms with Crippen molar-refractivity contribution >= 4 is 27.9 Å². The molecule has 2 heterocycles. The van der Waals surface area contributed by atoms with Gasteiger partial charge in [-0.2, -0.15) is 0 Å². The van der Waals surface area contributed by atoms with Crippen LogP contribution in [0.4, 0.5) is 0 Å². The van der Waals surface area contributed by atoms with E-state index in [0.717, 1.165) is 4.57 Å². The smallest absolute Gasteiger partial charge is 0.858 e. The molecule has 0 saturated carbocycles. The molecule has 0 aliphatic carbocycles. The number of esters is 1. The molecule has 4 atom stereocenters. The van der Waals surface area contributed by atoms with Crippen molar-refractivity contribution in [1.82, 2.24) is 9.55 Å². The van der Waals surface area contributed by atoms with Gasteiger partial charge in [0.05, 0.1) is 12.0 Å². The zero-order valence-electron chi connectivity index (χ0n) is 24.3. The third-order valence-corrected chi connectivity index (χ3v) is 9.87. The van der Waals surface area contributed by atoms with E-state index in [1.165, 1.54) is 25.3 Å². The monoisotopic (exact) mass is 687 g/mol. The van der Waals surface area contributed by atoms with E-state index >= 15 is 0 Å². The summed E-state index contributed by atoms with van der Waals surface area (Å²) in [6.45, 7) is 0.347. The number of carbonyl (C=O) groups is 1. The summed E-state index contributed by atoms with van der Waals surface area (Å²) >= 11 is 0. The number of nitrogens with zero attached hydrogens (tertiary/aromatic N) is 3. The average Bonchev–Trinajstić information content (AvgIpc) is 3.28. The number of aliphatic hydroxyl groups is 1. The van der Waals surface area contributed by atoms with E-state index in [4.69, 9.17) is 28.9 Å². The van der Waals surface area contributed by atoms with Gasteiger partial charge >= 0.3 is 113 Å². The normalized spacial score (nSPS) is 19.9. The third-order valence-electron chi connectivity index (χ3n) is 6.05. The number of carbonyl (C=O) groups excluding carboxylic acids is 1. The molecule has 2 aromatic rings. The molecule has 1 fully saturated rings. The van der Waals surface area contributed by atoms with Crippen molar-refractivity contribution in [2.24, 2.45) is 4.99 Å². The Morgan fingerprint density at radius 2 is 1.80 bits per heavy atom. The molecule has 1 aliphatic heterocycles. The average molecular weight is 687 g/mol. The first-order chi connectivity index (χ1) is 19.0. The van der Waals surface area contributed by atoms with E-state index in [0.29, 0.717) is 0 Å². The molecule has 0 amide bonds. The molecule has 226 valence electrons. The third kappa shape index (κ3) is 11.4. The molecule has 17 nitrogen and oxygen atoms in total. The second kappa shape index (κ2) is 18.7. The first kappa shape index (κ1) is 44.2. The van der Waals surface area contributed by atoms with Gasteiger partial charge in [0.2, 0.25) is 0 Å². The van der Waals surface area contributed by atoms with Gasteiger partial charge in [-0.25, -0.2) is 24.4 Å². The zero-order valence-corrected chi connectivity index (χ0v) is 32.1. The number of hydrogen-bond donors (Lipinski definition) is 4. The van der Waals surface area contributed by atoms with E-state index in [-0.39, 0.29) is 106 Å². The minimum absolute atomic E-state index is 0. The molecule has 22 heteroatoms. The van der Waals surface area contributed by atoms with Crippen LogP contribution < -0.4 is 119 Å². The van der Waals surface area contributed by atoms with Crippen molar-refractivity contribution in [2.45, 2.75) is 49.7 Å². The van der Waals surface area contributed by atoms with E-state index in [9.17, 15) is 39.6 Å². The Kier molecular flexibility index (Phi) is 18.7. The fraction of sp³-hybridized carbons (Fsp3) is 0.455. The van der Waals surface area contributed by atoms with E-state index in [1.807, 2.05) is 0 Å². The van der Waals surface area contributed by atoms with Crippen LogP contribution in [-0.4, -0.2) is 71.8 Å². The maximum Gasteiger partial charge on any atom is 1.00 e. The molecule has 1 saturated heterocycles. The largest absolute Gasteiger partial charge is 1.00 e. The summed E-state index contributed by atoms with van der Waals surface area (Å²) in [6.07, 6.45) is -4.93. The Morgan fingerprint density at radius 3 is 2.36 bits per heavy atom. The van der Waals surface area contributed by atoms with Crippen LogP contribution in [0.3, 0.4) is 0 Å². The van der Waals surface area contributed by atoms with Gasteiger partial charge in [-0.1, -0.05) is 18.2 Å². The molecule has 0 radical (unpaired) electrons. The number of hydrogen-bond acceptors (Lipinski definition) is 16. The fourth-order valence-corrected chi connectivity index (χ4v) is 6.03. The Balaban J connectivity index is 0.00000616.